The van der Waals surface area contributed by atoms with Crippen molar-refractivity contribution in [2.24, 2.45) is 23.7 Å². The molecule has 4 rings (SSSR count). The zero-order valence-electron chi connectivity index (χ0n) is 28.8. The minimum atomic E-state index is -0.498. The first-order valence-electron chi connectivity index (χ1n) is 18.1. The third-order valence-corrected chi connectivity index (χ3v) is 11.1. The predicted molar refractivity (Wildman–Crippen MR) is 187 cm³/mol. The largest absolute Gasteiger partial charge is 0.462 e. The van der Waals surface area contributed by atoms with E-state index in [1.807, 2.05) is 0 Å². The standard InChI is InChI=1S/C41H60O4/c1-6-9-10-11-30-12-22-40(31(7-2)24-30)37-21-23-39(32(8-3)25-37)36-19-17-34(18-20-36)33-13-15-35(16-14-33)38(27-44-5)28-45-41(43)29(4)26-42/h12,21-25,33-36,38,42H,4,6-11,13-20,26-28H2,1-3,5H3. The number of methoxy groups -OCH3 is 1. The third-order valence-electron chi connectivity index (χ3n) is 11.1. The van der Waals surface area contributed by atoms with Crippen molar-refractivity contribution in [1.82, 2.24) is 0 Å². The maximum Gasteiger partial charge on any atom is 0.335 e. The summed E-state index contributed by atoms with van der Waals surface area (Å²) in [5.74, 6) is 2.55. The number of rotatable bonds is 16. The lowest BCUT2D eigenvalue weighted by Gasteiger charge is -2.40. The topological polar surface area (TPSA) is 55.8 Å². The number of esters is 1. The van der Waals surface area contributed by atoms with Crippen molar-refractivity contribution in [2.75, 3.05) is 26.9 Å². The predicted octanol–water partition coefficient (Wildman–Crippen LogP) is 9.65. The Labute approximate surface area is 274 Å². The fourth-order valence-electron chi connectivity index (χ4n) is 8.31. The van der Waals surface area contributed by atoms with Crippen LogP contribution in [0, 0.1) is 23.7 Å². The van der Waals surface area contributed by atoms with E-state index in [4.69, 9.17) is 14.6 Å². The summed E-state index contributed by atoms with van der Waals surface area (Å²) in [5, 5.41) is 9.16. The maximum atomic E-state index is 12.0. The summed E-state index contributed by atoms with van der Waals surface area (Å²) < 4.78 is 11.0. The first-order valence-corrected chi connectivity index (χ1v) is 18.1. The fraction of sp³-hybridized carbons (Fsp3) is 0.634. The summed E-state index contributed by atoms with van der Waals surface area (Å²) in [6, 6.07) is 14.6. The van der Waals surface area contributed by atoms with Crippen LogP contribution in [-0.2, 0) is 33.5 Å². The molecule has 1 N–H and O–H groups in total. The van der Waals surface area contributed by atoms with E-state index in [1.165, 1.54) is 105 Å². The molecule has 4 nitrogen and oxygen atoms in total. The van der Waals surface area contributed by atoms with Crippen LogP contribution in [0.25, 0.3) is 11.1 Å². The van der Waals surface area contributed by atoms with Crippen molar-refractivity contribution in [3.63, 3.8) is 0 Å². The number of unbranched alkanes of at least 4 members (excludes halogenated alkanes) is 2. The minimum absolute atomic E-state index is 0.112. The quantitative estimate of drug-likeness (QED) is 0.116. The van der Waals surface area contributed by atoms with E-state index in [-0.39, 0.29) is 18.1 Å². The van der Waals surface area contributed by atoms with Gasteiger partial charge in [0.2, 0.25) is 0 Å². The van der Waals surface area contributed by atoms with Gasteiger partial charge < -0.3 is 14.6 Å². The van der Waals surface area contributed by atoms with Crippen LogP contribution in [0.15, 0.2) is 48.6 Å². The number of carbonyl (C=O) groups excluding carboxylic acids is 1. The first-order chi connectivity index (χ1) is 21.9. The monoisotopic (exact) mass is 616 g/mol. The molecule has 2 aromatic rings. The van der Waals surface area contributed by atoms with Crippen LogP contribution in [-0.4, -0.2) is 38.0 Å². The second-order valence-corrected chi connectivity index (χ2v) is 13.9. The van der Waals surface area contributed by atoms with Gasteiger partial charge in [-0.2, -0.15) is 0 Å². The van der Waals surface area contributed by atoms with Crippen LogP contribution in [0.3, 0.4) is 0 Å². The van der Waals surface area contributed by atoms with Gasteiger partial charge in [0, 0.05) is 13.0 Å². The highest BCUT2D eigenvalue weighted by Gasteiger charge is 2.34. The van der Waals surface area contributed by atoms with Gasteiger partial charge in [0.1, 0.15) is 0 Å². The Bertz CT molecular complexity index is 1220. The normalized spacial score (nSPS) is 22.6. The molecule has 2 aliphatic rings. The molecule has 0 radical (unpaired) electrons. The lowest BCUT2D eigenvalue weighted by molar-refractivity contribution is -0.142. The molecule has 1 unspecified atom stereocenters. The number of aryl methyl sites for hydroxylation is 3. The van der Waals surface area contributed by atoms with Crippen LogP contribution >= 0.6 is 0 Å². The molecular formula is C41H60O4. The molecule has 2 aromatic carbocycles. The summed E-state index contributed by atoms with van der Waals surface area (Å²) in [7, 11) is 1.72. The molecule has 0 aliphatic heterocycles. The van der Waals surface area contributed by atoms with Crippen molar-refractivity contribution in [3.05, 3.63) is 70.8 Å². The average Bonchev–Trinajstić information content (AvgIpc) is 3.09. The van der Waals surface area contributed by atoms with Crippen LogP contribution in [0.5, 0.6) is 0 Å². The summed E-state index contributed by atoms with van der Waals surface area (Å²) in [6.45, 7) is 11.1. The minimum Gasteiger partial charge on any atom is -0.462 e. The molecule has 45 heavy (non-hydrogen) atoms. The summed E-state index contributed by atoms with van der Waals surface area (Å²) in [6.07, 6.45) is 17.4. The smallest absolute Gasteiger partial charge is 0.335 e. The second kappa shape index (κ2) is 18.0. The van der Waals surface area contributed by atoms with Crippen molar-refractivity contribution < 1.29 is 19.4 Å². The third kappa shape index (κ3) is 9.55. The number of hydrogen-bond donors (Lipinski definition) is 1. The Hall–Kier alpha value is -2.43. The van der Waals surface area contributed by atoms with Gasteiger partial charge in [-0.05, 0) is 134 Å². The van der Waals surface area contributed by atoms with Crippen LogP contribution < -0.4 is 0 Å². The van der Waals surface area contributed by atoms with Crippen LogP contribution in [0.4, 0.5) is 0 Å². The van der Waals surface area contributed by atoms with Crippen molar-refractivity contribution >= 4 is 5.97 Å². The number of hydrogen-bond acceptors (Lipinski definition) is 4. The Kier molecular flexibility index (Phi) is 14.2. The highest BCUT2D eigenvalue weighted by molar-refractivity contribution is 5.87. The molecule has 248 valence electrons. The van der Waals surface area contributed by atoms with Gasteiger partial charge in [0.25, 0.3) is 0 Å². The molecule has 0 amide bonds. The lowest BCUT2D eigenvalue weighted by Crippen LogP contribution is -2.32. The number of benzene rings is 2. The van der Waals surface area contributed by atoms with Crippen molar-refractivity contribution in [2.45, 2.75) is 117 Å². The summed E-state index contributed by atoms with van der Waals surface area (Å²) in [5.41, 5.74) is 9.02. The highest BCUT2D eigenvalue weighted by Crippen LogP contribution is 2.46. The second-order valence-electron chi connectivity index (χ2n) is 13.9. The number of carbonyl (C=O) groups is 1. The molecule has 0 heterocycles. The van der Waals surface area contributed by atoms with Gasteiger partial charge >= 0.3 is 5.97 Å². The lowest BCUT2D eigenvalue weighted by atomic mass is 9.66. The highest BCUT2D eigenvalue weighted by atomic mass is 16.5. The van der Waals surface area contributed by atoms with E-state index in [9.17, 15) is 4.79 Å². The molecule has 2 fully saturated rings. The Morgan fingerprint density at radius 2 is 1.56 bits per heavy atom. The Balaban J connectivity index is 1.32. The molecule has 4 heteroatoms. The number of aliphatic hydroxyl groups excluding tert-OH is 1. The number of aliphatic hydroxyl groups is 1. The summed E-state index contributed by atoms with van der Waals surface area (Å²) >= 11 is 0. The molecule has 0 spiro atoms. The van der Waals surface area contributed by atoms with E-state index in [0.29, 0.717) is 25.0 Å². The van der Waals surface area contributed by atoms with E-state index >= 15 is 0 Å². The van der Waals surface area contributed by atoms with Gasteiger partial charge in [-0.3, -0.25) is 0 Å². The molecule has 2 aliphatic carbocycles. The molecular weight excluding hydrogens is 556 g/mol. The van der Waals surface area contributed by atoms with Crippen LogP contribution in [0.2, 0.25) is 0 Å². The fourth-order valence-corrected chi connectivity index (χ4v) is 8.31. The molecule has 2 saturated carbocycles. The van der Waals surface area contributed by atoms with Gasteiger partial charge in [-0.15, -0.1) is 0 Å². The molecule has 0 saturated heterocycles. The first kappa shape index (κ1) is 35.4. The summed E-state index contributed by atoms with van der Waals surface area (Å²) in [4.78, 5) is 12.0. The maximum absolute atomic E-state index is 12.0. The zero-order valence-corrected chi connectivity index (χ0v) is 28.8. The Morgan fingerprint density at radius 1 is 0.867 bits per heavy atom. The van der Waals surface area contributed by atoms with E-state index in [0.717, 1.165) is 24.7 Å². The van der Waals surface area contributed by atoms with Crippen LogP contribution in [0.1, 0.15) is 120 Å². The van der Waals surface area contributed by atoms with Gasteiger partial charge in [-0.25, -0.2) is 4.79 Å². The van der Waals surface area contributed by atoms with Gasteiger partial charge in [0.05, 0.1) is 25.4 Å². The Morgan fingerprint density at radius 3 is 2.18 bits per heavy atom. The average molecular weight is 617 g/mol. The van der Waals surface area contributed by atoms with E-state index < -0.39 is 5.97 Å². The SMILES string of the molecule is C=C(CO)C(=O)OCC(COC)C1CCC(C2CCC(c3ccc(-c4ccc(CCCCC)cc4CC)cc3CC)CC2)CC1. The molecule has 0 bridgehead atoms. The number of ether oxygens (including phenoxy) is 2. The van der Waals surface area contributed by atoms with Crippen molar-refractivity contribution in [1.29, 1.82) is 0 Å². The van der Waals surface area contributed by atoms with Crippen molar-refractivity contribution in [3.8, 4) is 11.1 Å². The molecule has 1 atom stereocenters. The zero-order chi connectivity index (χ0) is 32.2. The van der Waals surface area contributed by atoms with Gasteiger partial charge in [0.15, 0.2) is 0 Å². The molecule has 0 aromatic heterocycles. The van der Waals surface area contributed by atoms with Gasteiger partial charge in [-0.1, -0.05) is 76.6 Å². The van der Waals surface area contributed by atoms with E-state index in [2.05, 4.69) is 63.7 Å². The van der Waals surface area contributed by atoms with E-state index in [1.54, 1.807) is 12.7 Å².